The lowest BCUT2D eigenvalue weighted by molar-refractivity contribution is 0.267. The van der Waals surface area contributed by atoms with Gasteiger partial charge in [-0.05, 0) is 57.3 Å². The largest absolute Gasteiger partial charge is 0.492 e. The smallest absolute Gasteiger partial charge is 0.137 e. The molecule has 70 valence electrons. The van der Waals surface area contributed by atoms with E-state index in [1.165, 1.54) is 3.57 Å². The lowest BCUT2D eigenvalue weighted by Crippen LogP contribution is -2.21. The Balaban J connectivity index is 2.56. The highest BCUT2D eigenvalue weighted by Gasteiger charge is 2.20. The average Bonchev–Trinajstić information content (AvgIpc) is 2.07. The van der Waals surface area contributed by atoms with E-state index < -0.39 is 0 Å². The fourth-order valence-electron chi connectivity index (χ4n) is 1.45. The summed E-state index contributed by atoms with van der Waals surface area (Å²) in [7, 11) is 0. The van der Waals surface area contributed by atoms with Crippen molar-refractivity contribution in [2.45, 2.75) is 12.5 Å². The van der Waals surface area contributed by atoms with Gasteiger partial charge in [-0.25, -0.2) is 0 Å². The maximum absolute atomic E-state index is 6.00. The van der Waals surface area contributed by atoms with Crippen LogP contribution >= 0.6 is 45.2 Å². The highest BCUT2D eigenvalue weighted by Crippen LogP contribution is 2.35. The molecule has 0 saturated carbocycles. The second kappa shape index (κ2) is 3.90. The average molecular weight is 401 g/mol. The number of benzene rings is 1. The lowest BCUT2D eigenvalue weighted by Gasteiger charge is -2.24. The van der Waals surface area contributed by atoms with E-state index in [-0.39, 0.29) is 6.04 Å². The first-order chi connectivity index (χ1) is 6.18. The van der Waals surface area contributed by atoms with Crippen molar-refractivity contribution in [3.05, 3.63) is 24.8 Å². The molecule has 0 aromatic heterocycles. The summed E-state index contributed by atoms with van der Waals surface area (Å²) in [5, 5.41) is 0. The fraction of sp³-hybridized carbons (Fsp3) is 0.333. The molecule has 0 radical (unpaired) electrons. The van der Waals surface area contributed by atoms with Gasteiger partial charge in [0.25, 0.3) is 0 Å². The third kappa shape index (κ3) is 1.94. The minimum absolute atomic E-state index is 0.145. The zero-order chi connectivity index (χ0) is 9.42. The molecule has 1 aromatic rings. The van der Waals surface area contributed by atoms with E-state index in [4.69, 9.17) is 10.5 Å². The summed E-state index contributed by atoms with van der Waals surface area (Å²) in [5.74, 6) is 0.986. The molecule has 0 unspecified atom stereocenters. The van der Waals surface area contributed by atoms with E-state index in [0.717, 1.165) is 27.9 Å². The Hall–Kier alpha value is 0.440. The Bertz CT molecular complexity index is 341. The molecule has 13 heavy (non-hydrogen) atoms. The number of nitrogens with two attached hydrogens (primary N) is 1. The van der Waals surface area contributed by atoms with Gasteiger partial charge in [-0.3, -0.25) is 0 Å². The Morgan fingerprint density at radius 1 is 1.38 bits per heavy atom. The quantitative estimate of drug-likeness (QED) is 0.679. The highest BCUT2D eigenvalue weighted by atomic mass is 127. The maximum atomic E-state index is 6.00. The van der Waals surface area contributed by atoms with Gasteiger partial charge in [-0.1, -0.05) is 0 Å². The number of fused-ring (bicyclic) bond motifs is 1. The number of hydrogen-bond acceptors (Lipinski definition) is 2. The minimum atomic E-state index is 0.145. The number of rotatable bonds is 0. The lowest BCUT2D eigenvalue weighted by atomic mass is 10.0. The Morgan fingerprint density at radius 2 is 2.15 bits per heavy atom. The van der Waals surface area contributed by atoms with Crippen molar-refractivity contribution in [2.75, 3.05) is 6.61 Å². The third-order valence-corrected chi connectivity index (χ3v) is 3.54. The molecule has 1 aliphatic heterocycles. The van der Waals surface area contributed by atoms with Crippen molar-refractivity contribution >= 4 is 45.2 Å². The van der Waals surface area contributed by atoms with Crippen molar-refractivity contribution in [3.63, 3.8) is 0 Å². The summed E-state index contributed by atoms with van der Waals surface area (Å²) in [5.41, 5.74) is 7.15. The maximum Gasteiger partial charge on any atom is 0.137 e. The van der Waals surface area contributed by atoms with Crippen LogP contribution in [0.3, 0.4) is 0 Å². The van der Waals surface area contributed by atoms with Crippen molar-refractivity contribution in [1.82, 2.24) is 0 Å². The van der Waals surface area contributed by atoms with Crippen LogP contribution < -0.4 is 10.5 Å². The van der Waals surface area contributed by atoms with Gasteiger partial charge in [0, 0.05) is 21.6 Å². The van der Waals surface area contributed by atoms with Crippen LogP contribution in [0, 0.1) is 7.14 Å². The zero-order valence-electron chi connectivity index (χ0n) is 6.89. The molecule has 1 aliphatic rings. The predicted octanol–water partition coefficient (Wildman–Crippen LogP) is 2.68. The van der Waals surface area contributed by atoms with Gasteiger partial charge < -0.3 is 10.5 Å². The molecule has 0 saturated heterocycles. The topological polar surface area (TPSA) is 35.2 Å². The molecular weight excluding hydrogens is 392 g/mol. The summed E-state index contributed by atoms with van der Waals surface area (Å²) in [6, 6.07) is 4.37. The molecule has 1 heterocycles. The minimum Gasteiger partial charge on any atom is -0.492 e. The summed E-state index contributed by atoms with van der Waals surface area (Å²) >= 11 is 4.60. The molecule has 1 aromatic carbocycles. The van der Waals surface area contributed by atoms with Gasteiger partial charge in [0.1, 0.15) is 5.75 Å². The monoisotopic (exact) mass is 401 g/mol. The Kier molecular flexibility index (Phi) is 2.99. The summed E-state index contributed by atoms with van der Waals surface area (Å²) in [6.45, 7) is 0.741. The van der Waals surface area contributed by atoms with Gasteiger partial charge in [0.2, 0.25) is 0 Å². The zero-order valence-corrected chi connectivity index (χ0v) is 11.2. The van der Waals surface area contributed by atoms with Gasteiger partial charge in [0.15, 0.2) is 0 Å². The first kappa shape index (κ1) is 9.97. The van der Waals surface area contributed by atoms with Crippen LogP contribution in [-0.2, 0) is 0 Å². The molecular formula is C9H9I2NO. The van der Waals surface area contributed by atoms with Crippen LogP contribution in [0.2, 0.25) is 0 Å². The molecule has 0 amide bonds. The summed E-state index contributed by atoms with van der Waals surface area (Å²) in [6.07, 6.45) is 0.920. The molecule has 0 fully saturated rings. The van der Waals surface area contributed by atoms with E-state index >= 15 is 0 Å². The fourth-order valence-corrected chi connectivity index (χ4v) is 3.50. The first-order valence-electron chi connectivity index (χ1n) is 4.06. The van der Waals surface area contributed by atoms with Crippen molar-refractivity contribution in [1.29, 1.82) is 0 Å². The van der Waals surface area contributed by atoms with Gasteiger partial charge >= 0.3 is 0 Å². The van der Waals surface area contributed by atoms with Crippen molar-refractivity contribution in [2.24, 2.45) is 5.73 Å². The molecule has 0 aliphatic carbocycles. The second-order valence-electron chi connectivity index (χ2n) is 3.05. The van der Waals surface area contributed by atoms with Crippen LogP contribution in [0.15, 0.2) is 12.1 Å². The third-order valence-electron chi connectivity index (χ3n) is 2.11. The SMILES string of the molecule is N[C@H]1CCOc2c(I)cc(I)cc21. The molecule has 0 bridgehead atoms. The Morgan fingerprint density at radius 3 is 2.92 bits per heavy atom. The van der Waals surface area contributed by atoms with E-state index in [0.29, 0.717) is 0 Å². The van der Waals surface area contributed by atoms with E-state index in [1.807, 2.05) is 0 Å². The Labute approximate surface area is 104 Å². The van der Waals surface area contributed by atoms with Crippen LogP contribution in [0.4, 0.5) is 0 Å². The normalized spacial score (nSPS) is 20.7. The van der Waals surface area contributed by atoms with Crippen LogP contribution in [-0.4, -0.2) is 6.61 Å². The van der Waals surface area contributed by atoms with Gasteiger partial charge in [-0.15, -0.1) is 0 Å². The number of ether oxygens (including phenoxy) is 1. The molecule has 1 atom stereocenters. The molecule has 4 heteroatoms. The van der Waals surface area contributed by atoms with Crippen LogP contribution in [0.5, 0.6) is 5.75 Å². The summed E-state index contributed by atoms with van der Waals surface area (Å²) in [4.78, 5) is 0. The molecule has 2 N–H and O–H groups in total. The molecule has 2 rings (SSSR count). The van der Waals surface area contributed by atoms with E-state index in [2.05, 4.69) is 57.3 Å². The van der Waals surface area contributed by atoms with Crippen molar-refractivity contribution in [3.8, 4) is 5.75 Å². The van der Waals surface area contributed by atoms with Gasteiger partial charge in [-0.2, -0.15) is 0 Å². The summed E-state index contributed by atoms with van der Waals surface area (Å²) < 4.78 is 7.97. The molecule has 2 nitrogen and oxygen atoms in total. The van der Waals surface area contributed by atoms with Gasteiger partial charge in [0.05, 0.1) is 10.2 Å². The predicted molar refractivity (Wildman–Crippen MR) is 68.9 cm³/mol. The van der Waals surface area contributed by atoms with Crippen molar-refractivity contribution < 1.29 is 4.74 Å². The highest BCUT2D eigenvalue weighted by molar-refractivity contribution is 14.1. The number of hydrogen-bond donors (Lipinski definition) is 1. The van der Waals surface area contributed by atoms with E-state index in [9.17, 15) is 0 Å². The van der Waals surface area contributed by atoms with Crippen LogP contribution in [0.1, 0.15) is 18.0 Å². The number of halogens is 2. The second-order valence-corrected chi connectivity index (χ2v) is 5.46. The van der Waals surface area contributed by atoms with E-state index in [1.54, 1.807) is 0 Å². The molecule has 0 spiro atoms. The standard InChI is InChI=1S/C9H9I2NO/c10-5-3-6-8(12)1-2-13-9(6)7(11)4-5/h3-4,8H,1-2,12H2/t8-/m0/s1. The first-order valence-corrected chi connectivity index (χ1v) is 6.21. The van der Waals surface area contributed by atoms with Crippen LogP contribution in [0.25, 0.3) is 0 Å².